The van der Waals surface area contributed by atoms with Gasteiger partial charge in [0.2, 0.25) is 5.82 Å². The number of carbonyl (C=O) groups is 1. The van der Waals surface area contributed by atoms with E-state index < -0.39 is 17.6 Å². The second-order valence-corrected chi connectivity index (χ2v) is 10.1. The van der Waals surface area contributed by atoms with Crippen molar-refractivity contribution in [1.29, 1.82) is 0 Å². The van der Waals surface area contributed by atoms with E-state index in [0.29, 0.717) is 42.5 Å². The Balaban J connectivity index is 1.67. The molecular weight excluding hydrogens is 650 g/mol. The van der Waals surface area contributed by atoms with Gasteiger partial charge in [0.25, 0.3) is 5.56 Å². The average molecular weight is 671 g/mol. The van der Waals surface area contributed by atoms with Crippen molar-refractivity contribution in [2.75, 3.05) is 14.2 Å². The number of benzene rings is 3. The number of methoxy groups -OCH3 is 2. The third-order valence-corrected chi connectivity index (χ3v) is 8.19. The smallest absolute Gasteiger partial charge is 0.344 e. The fraction of sp³-hybridized carbons (Fsp3) is 0.143. The van der Waals surface area contributed by atoms with Crippen LogP contribution in [0.4, 0.5) is 0 Å². The monoisotopic (exact) mass is 669 g/mol. The largest absolute Gasteiger partial charge is 0.496 e. The summed E-state index contributed by atoms with van der Waals surface area (Å²) in [5.74, 6) is 0.459. The van der Waals surface area contributed by atoms with E-state index in [2.05, 4.69) is 37.0 Å². The molecule has 0 amide bonds. The summed E-state index contributed by atoms with van der Waals surface area (Å²) < 4.78 is 24.6. The molecule has 5 rings (SSSR count). The van der Waals surface area contributed by atoms with E-state index in [0.717, 1.165) is 10.1 Å². The number of ether oxygens (including phenoxy) is 3. The quantitative estimate of drug-likeness (QED) is 0.197. The van der Waals surface area contributed by atoms with Crippen molar-refractivity contribution in [2.24, 2.45) is 5.10 Å². The summed E-state index contributed by atoms with van der Waals surface area (Å²) in [5.41, 5.74) is 1.16. The summed E-state index contributed by atoms with van der Waals surface area (Å²) in [6, 6.07) is 15.7. The number of hydrogen-bond acceptors (Lipinski definition) is 8. The Bertz CT molecular complexity index is 1860. The van der Waals surface area contributed by atoms with Crippen LogP contribution in [-0.4, -0.2) is 47.3 Å². The molecule has 0 fully saturated rings. The summed E-state index contributed by atoms with van der Waals surface area (Å²) in [4.78, 5) is 29.6. The van der Waals surface area contributed by atoms with Gasteiger partial charge in [-0.3, -0.25) is 4.79 Å². The topological polar surface area (TPSA) is 125 Å². The van der Waals surface area contributed by atoms with Gasteiger partial charge in [0.05, 0.1) is 41.2 Å². The van der Waals surface area contributed by atoms with Crippen LogP contribution in [-0.2, 0) is 4.79 Å². The van der Waals surface area contributed by atoms with E-state index in [4.69, 9.17) is 23.6 Å². The first-order valence-electron chi connectivity index (χ1n) is 11.8. The standard InChI is InChI=1S/C28H21Br2N3O7/c1-14(28(35)36)39-25-21(38-3)11-15(23(29)24(25)30)13-31-33-26(32-18-8-5-4-7-16(18)27(33)34)22-12-17-19(37-2)9-6-10-20(17)40-22/h4-14H,1-3H3,(H,35,36)/t14-/m1/s1. The Labute approximate surface area is 244 Å². The van der Waals surface area contributed by atoms with Gasteiger partial charge in [0, 0.05) is 10.0 Å². The molecule has 0 spiro atoms. The fourth-order valence-corrected chi connectivity index (χ4v) is 4.93. The number of aromatic nitrogens is 2. The zero-order valence-corrected chi connectivity index (χ0v) is 24.5. The Morgan fingerprint density at radius 3 is 2.52 bits per heavy atom. The molecule has 0 aliphatic carbocycles. The van der Waals surface area contributed by atoms with E-state index in [-0.39, 0.29) is 17.3 Å². The second-order valence-electron chi connectivity index (χ2n) is 8.52. The summed E-state index contributed by atoms with van der Waals surface area (Å²) in [7, 11) is 3.00. The Morgan fingerprint density at radius 2 is 1.80 bits per heavy atom. The lowest BCUT2D eigenvalue weighted by atomic mass is 10.2. The van der Waals surface area contributed by atoms with Crippen LogP contribution in [0.25, 0.3) is 33.5 Å². The zero-order chi connectivity index (χ0) is 28.6. The normalized spacial score (nSPS) is 12.2. The number of aliphatic carboxylic acids is 1. The van der Waals surface area contributed by atoms with Crippen molar-refractivity contribution in [3.05, 3.63) is 79.5 Å². The number of para-hydroxylation sites is 1. The third-order valence-electron chi connectivity index (χ3n) is 6.05. The maximum atomic E-state index is 13.6. The molecule has 2 aromatic heterocycles. The molecule has 5 aromatic rings. The molecule has 10 nitrogen and oxygen atoms in total. The van der Waals surface area contributed by atoms with Crippen molar-refractivity contribution in [1.82, 2.24) is 9.66 Å². The molecule has 0 saturated carbocycles. The lowest BCUT2D eigenvalue weighted by Gasteiger charge is -2.17. The first-order chi connectivity index (χ1) is 19.2. The molecule has 0 bridgehead atoms. The van der Waals surface area contributed by atoms with Crippen molar-refractivity contribution in [2.45, 2.75) is 13.0 Å². The highest BCUT2D eigenvalue weighted by atomic mass is 79.9. The van der Waals surface area contributed by atoms with Crippen molar-refractivity contribution < 1.29 is 28.5 Å². The molecular formula is C28H21Br2N3O7. The van der Waals surface area contributed by atoms with Crippen LogP contribution in [0.2, 0.25) is 0 Å². The summed E-state index contributed by atoms with van der Waals surface area (Å²) >= 11 is 6.94. The molecule has 0 unspecified atom stereocenters. The van der Waals surface area contributed by atoms with Crippen molar-refractivity contribution in [3.8, 4) is 28.8 Å². The van der Waals surface area contributed by atoms with E-state index in [1.54, 1.807) is 55.6 Å². The van der Waals surface area contributed by atoms with Crippen LogP contribution in [0, 0.1) is 0 Å². The van der Waals surface area contributed by atoms with Gasteiger partial charge in [0.1, 0.15) is 11.3 Å². The first kappa shape index (κ1) is 27.4. The van der Waals surface area contributed by atoms with Gasteiger partial charge >= 0.3 is 5.97 Å². The lowest BCUT2D eigenvalue weighted by Crippen LogP contribution is -2.23. The molecule has 0 aliphatic rings. The van der Waals surface area contributed by atoms with Gasteiger partial charge in [0.15, 0.2) is 23.4 Å². The van der Waals surface area contributed by atoms with Crippen LogP contribution in [0.3, 0.4) is 0 Å². The van der Waals surface area contributed by atoms with Gasteiger partial charge < -0.3 is 23.7 Å². The average Bonchev–Trinajstić information content (AvgIpc) is 3.40. The van der Waals surface area contributed by atoms with Gasteiger partial charge in [-0.15, -0.1) is 0 Å². The number of fused-ring (bicyclic) bond motifs is 2. The number of hydrogen-bond donors (Lipinski definition) is 1. The van der Waals surface area contributed by atoms with Gasteiger partial charge in [-0.05, 0) is 75.2 Å². The minimum Gasteiger partial charge on any atom is -0.496 e. The molecule has 0 aliphatic heterocycles. The Morgan fingerprint density at radius 1 is 1.05 bits per heavy atom. The van der Waals surface area contributed by atoms with E-state index in [1.807, 2.05) is 6.07 Å². The van der Waals surface area contributed by atoms with Crippen LogP contribution < -0.4 is 19.8 Å². The molecule has 3 aromatic carbocycles. The minimum absolute atomic E-state index is 0.190. The van der Waals surface area contributed by atoms with Gasteiger partial charge in [-0.25, -0.2) is 9.78 Å². The molecule has 12 heteroatoms. The van der Waals surface area contributed by atoms with Gasteiger partial charge in [-0.2, -0.15) is 9.78 Å². The van der Waals surface area contributed by atoms with Gasteiger partial charge in [-0.1, -0.05) is 18.2 Å². The second kappa shape index (κ2) is 11.1. The van der Waals surface area contributed by atoms with Crippen LogP contribution in [0.1, 0.15) is 12.5 Å². The number of rotatable bonds is 8. The number of carboxylic acid groups (broad SMARTS) is 1. The fourth-order valence-electron chi connectivity index (χ4n) is 4.02. The first-order valence-corrected chi connectivity index (χ1v) is 13.4. The predicted molar refractivity (Wildman–Crippen MR) is 157 cm³/mol. The molecule has 0 radical (unpaired) electrons. The number of nitrogens with zero attached hydrogens (tertiary/aromatic N) is 3. The minimum atomic E-state index is -1.13. The maximum absolute atomic E-state index is 13.6. The number of carboxylic acids is 1. The predicted octanol–water partition coefficient (Wildman–Crippen LogP) is 6.09. The lowest BCUT2D eigenvalue weighted by molar-refractivity contribution is -0.144. The molecule has 204 valence electrons. The van der Waals surface area contributed by atoms with Crippen LogP contribution in [0.5, 0.6) is 17.2 Å². The maximum Gasteiger partial charge on any atom is 0.344 e. The van der Waals surface area contributed by atoms with E-state index in [1.165, 1.54) is 20.2 Å². The summed E-state index contributed by atoms with van der Waals surface area (Å²) in [5, 5.41) is 14.9. The Kier molecular flexibility index (Phi) is 7.63. The van der Waals surface area contributed by atoms with Crippen molar-refractivity contribution in [3.63, 3.8) is 0 Å². The zero-order valence-electron chi connectivity index (χ0n) is 21.3. The highest BCUT2D eigenvalue weighted by molar-refractivity contribution is 9.13. The number of halogens is 2. The summed E-state index contributed by atoms with van der Waals surface area (Å²) in [6.07, 6.45) is 0.329. The van der Waals surface area contributed by atoms with E-state index >= 15 is 0 Å². The third kappa shape index (κ3) is 4.95. The van der Waals surface area contributed by atoms with E-state index in [9.17, 15) is 14.7 Å². The Hall–Kier alpha value is -4.16. The van der Waals surface area contributed by atoms with Crippen LogP contribution >= 0.6 is 31.9 Å². The molecule has 1 N–H and O–H groups in total. The van der Waals surface area contributed by atoms with Crippen LogP contribution in [0.15, 0.2) is 77.9 Å². The highest BCUT2D eigenvalue weighted by Crippen LogP contribution is 2.43. The summed E-state index contributed by atoms with van der Waals surface area (Å²) in [6.45, 7) is 1.41. The number of furan rings is 1. The SMILES string of the molecule is COc1cc(C=Nn2c(-c3cc4c(OC)cccc4o3)nc3ccccc3c2=O)c(Br)c(Br)c1O[C@H](C)C(=O)O. The molecule has 2 heterocycles. The van der Waals surface area contributed by atoms with Crippen molar-refractivity contribution >= 4 is 65.9 Å². The molecule has 40 heavy (non-hydrogen) atoms. The molecule has 0 saturated heterocycles. The highest BCUT2D eigenvalue weighted by Gasteiger charge is 2.22. The molecule has 1 atom stereocenters.